The lowest BCUT2D eigenvalue weighted by molar-refractivity contribution is -0.0150. The molecule has 0 aromatic rings. The van der Waals surface area contributed by atoms with Crippen LogP contribution in [0.15, 0.2) is 0 Å². The molecule has 0 amide bonds. The largest absolute Gasteiger partial charge is 0.383 e. The Bertz CT molecular complexity index is 324. The van der Waals surface area contributed by atoms with Gasteiger partial charge in [0.05, 0.1) is 6.61 Å². The average molecular weight is 325 g/mol. The van der Waals surface area contributed by atoms with E-state index < -0.39 is 0 Å². The number of hydrogen-bond donors (Lipinski definition) is 0. The predicted molar refractivity (Wildman–Crippen MR) is 98.8 cm³/mol. The fourth-order valence-electron chi connectivity index (χ4n) is 4.50. The molecule has 0 radical (unpaired) electrons. The van der Waals surface area contributed by atoms with E-state index in [1.807, 2.05) is 7.11 Å². The summed E-state index contributed by atoms with van der Waals surface area (Å²) in [6, 6.07) is 1.40. The molecule has 1 aliphatic carbocycles. The molecule has 0 aromatic heterocycles. The van der Waals surface area contributed by atoms with Crippen molar-refractivity contribution < 1.29 is 4.74 Å². The van der Waals surface area contributed by atoms with Crippen LogP contribution in [0.3, 0.4) is 0 Å². The molecule has 0 N–H and O–H groups in total. The Morgan fingerprint density at radius 2 is 1.70 bits per heavy atom. The summed E-state index contributed by atoms with van der Waals surface area (Å²) in [6.07, 6.45) is 6.97. The number of piperazine rings is 1. The average Bonchev–Trinajstić information content (AvgIpc) is 2.53. The maximum Gasteiger partial charge on any atom is 0.0630 e. The topological polar surface area (TPSA) is 15.7 Å². The Morgan fingerprint density at radius 1 is 1.00 bits per heavy atom. The molecule has 1 saturated heterocycles. The summed E-state index contributed by atoms with van der Waals surface area (Å²) in [5, 5.41) is 0. The second kappa shape index (κ2) is 9.39. The van der Waals surface area contributed by atoms with E-state index in [1.165, 1.54) is 58.3 Å². The van der Waals surface area contributed by atoms with Crippen LogP contribution in [-0.2, 0) is 4.74 Å². The Labute approximate surface area is 144 Å². The molecule has 1 saturated carbocycles. The first-order valence-electron chi connectivity index (χ1n) is 9.98. The van der Waals surface area contributed by atoms with Gasteiger partial charge in [-0.3, -0.25) is 4.90 Å². The zero-order valence-electron chi connectivity index (χ0n) is 16.3. The number of nitrogens with zero attached hydrogens (tertiary/aromatic N) is 2. The molecule has 1 heterocycles. The molecule has 3 heteroatoms. The maximum absolute atomic E-state index is 5.57. The van der Waals surface area contributed by atoms with Crippen molar-refractivity contribution in [2.45, 2.75) is 71.9 Å². The summed E-state index contributed by atoms with van der Waals surface area (Å²) in [7, 11) is 1.86. The van der Waals surface area contributed by atoms with E-state index in [2.05, 4.69) is 37.5 Å². The highest BCUT2D eigenvalue weighted by molar-refractivity contribution is 4.89. The number of methoxy groups -OCH3 is 1. The van der Waals surface area contributed by atoms with Gasteiger partial charge in [-0.2, -0.15) is 0 Å². The predicted octanol–water partition coefficient (Wildman–Crippen LogP) is 3.88. The molecule has 2 rings (SSSR count). The van der Waals surface area contributed by atoms with Gasteiger partial charge in [-0.15, -0.1) is 0 Å². The van der Waals surface area contributed by atoms with Gasteiger partial charge in [0.15, 0.2) is 0 Å². The van der Waals surface area contributed by atoms with E-state index in [0.29, 0.717) is 6.04 Å². The molecule has 0 spiro atoms. The SMILES string of the molecule is COC[C@@H]1CN(CCC(C)C)CCN1C1CCC(C(C)C)CC1. The van der Waals surface area contributed by atoms with Crippen molar-refractivity contribution in [3.8, 4) is 0 Å². The normalized spacial score (nSPS) is 31.2. The van der Waals surface area contributed by atoms with E-state index in [0.717, 1.165) is 30.4 Å². The van der Waals surface area contributed by atoms with E-state index in [-0.39, 0.29) is 0 Å². The van der Waals surface area contributed by atoms with E-state index >= 15 is 0 Å². The van der Waals surface area contributed by atoms with Crippen molar-refractivity contribution in [2.24, 2.45) is 17.8 Å². The molecular formula is C20H40N2O. The standard InChI is InChI=1S/C20H40N2O/c1-16(2)10-11-21-12-13-22(20(14-21)15-23-5)19-8-6-18(7-9-19)17(3)4/h16-20H,6-15H2,1-5H3/t18?,19?,20-/m0/s1. The summed E-state index contributed by atoms with van der Waals surface area (Å²) >= 11 is 0. The molecule has 2 aliphatic rings. The second-order valence-electron chi connectivity index (χ2n) is 8.64. The number of rotatable bonds is 7. The third kappa shape index (κ3) is 5.72. The summed E-state index contributed by atoms with van der Waals surface area (Å²) in [5.41, 5.74) is 0. The number of ether oxygens (including phenoxy) is 1. The van der Waals surface area contributed by atoms with Gasteiger partial charge < -0.3 is 9.64 Å². The van der Waals surface area contributed by atoms with Crippen molar-refractivity contribution in [1.29, 1.82) is 0 Å². The highest BCUT2D eigenvalue weighted by atomic mass is 16.5. The van der Waals surface area contributed by atoms with Crippen LogP contribution in [0.1, 0.15) is 59.8 Å². The molecule has 3 nitrogen and oxygen atoms in total. The third-order valence-corrected chi connectivity index (χ3v) is 6.15. The van der Waals surface area contributed by atoms with E-state index in [9.17, 15) is 0 Å². The van der Waals surface area contributed by atoms with Crippen molar-refractivity contribution in [3.05, 3.63) is 0 Å². The molecule has 0 bridgehead atoms. The lowest BCUT2D eigenvalue weighted by atomic mass is 9.79. The van der Waals surface area contributed by atoms with Gasteiger partial charge in [-0.1, -0.05) is 27.7 Å². The van der Waals surface area contributed by atoms with Crippen molar-refractivity contribution >= 4 is 0 Å². The van der Waals surface area contributed by atoms with Crippen LogP contribution in [0.5, 0.6) is 0 Å². The van der Waals surface area contributed by atoms with Gasteiger partial charge in [-0.25, -0.2) is 0 Å². The highest BCUT2D eigenvalue weighted by Crippen LogP contribution is 2.33. The van der Waals surface area contributed by atoms with Crippen molar-refractivity contribution in [3.63, 3.8) is 0 Å². The highest BCUT2D eigenvalue weighted by Gasteiger charge is 2.34. The Hall–Kier alpha value is -0.120. The Kier molecular flexibility index (Phi) is 7.84. The van der Waals surface area contributed by atoms with Gasteiger partial charge in [0.2, 0.25) is 0 Å². The van der Waals surface area contributed by atoms with E-state index in [4.69, 9.17) is 4.74 Å². The first kappa shape index (κ1) is 19.2. The Balaban J connectivity index is 1.86. The van der Waals surface area contributed by atoms with Gasteiger partial charge in [-0.05, 0) is 56.4 Å². The zero-order chi connectivity index (χ0) is 16.8. The Morgan fingerprint density at radius 3 is 2.26 bits per heavy atom. The maximum atomic E-state index is 5.57. The molecule has 0 aromatic carbocycles. The molecule has 23 heavy (non-hydrogen) atoms. The molecule has 1 aliphatic heterocycles. The minimum atomic E-state index is 0.599. The van der Waals surface area contributed by atoms with Gasteiger partial charge in [0.25, 0.3) is 0 Å². The van der Waals surface area contributed by atoms with Crippen LogP contribution in [0.25, 0.3) is 0 Å². The van der Waals surface area contributed by atoms with Gasteiger partial charge in [0, 0.05) is 38.8 Å². The van der Waals surface area contributed by atoms with Crippen LogP contribution in [-0.4, -0.2) is 61.8 Å². The molecule has 2 fully saturated rings. The minimum absolute atomic E-state index is 0.599. The third-order valence-electron chi connectivity index (χ3n) is 6.15. The first-order chi connectivity index (χ1) is 11.0. The fourth-order valence-corrected chi connectivity index (χ4v) is 4.50. The minimum Gasteiger partial charge on any atom is -0.383 e. The molecule has 136 valence electrons. The van der Waals surface area contributed by atoms with Crippen molar-refractivity contribution in [1.82, 2.24) is 9.80 Å². The summed E-state index contributed by atoms with van der Waals surface area (Å²) < 4.78 is 5.57. The summed E-state index contributed by atoms with van der Waals surface area (Å²) in [5.74, 6) is 2.62. The number of hydrogen-bond acceptors (Lipinski definition) is 3. The van der Waals surface area contributed by atoms with Crippen LogP contribution in [0, 0.1) is 17.8 Å². The monoisotopic (exact) mass is 324 g/mol. The lowest BCUT2D eigenvalue weighted by Gasteiger charge is -2.47. The van der Waals surface area contributed by atoms with Crippen LogP contribution in [0.4, 0.5) is 0 Å². The molecular weight excluding hydrogens is 284 g/mol. The smallest absolute Gasteiger partial charge is 0.0630 e. The first-order valence-corrected chi connectivity index (χ1v) is 9.98. The van der Waals surface area contributed by atoms with Crippen molar-refractivity contribution in [2.75, 3.05) is 39.9 Å². The van der Waals surface area contributed by atoms with Crippen LogP contribution in [0.2, 0.25) is 0 Å². The quantitative estimate of drug-likeness (QED) is 0.707. The van der Waals surface area contributed by atoms with Crippen LogP contribution >= 0.6 is 0 Å². The molecule has 1 atom stereocenters. The summed E-state index contributed by atoms with van der Waals surface area (Å²) in [4.78, 5) is 5.46. The fraction of sp³-hybridized carbons (Fsp3) is 1.00. The zero-order valence-corrected chi connectivity index (χ0v) is 16.3. The van der Waals surface area contributed by atoms with Crippen LogP contribution < -0.4 is 0 Å². The summed E-state index contributed by atoms with van der Waals surface area (Å²) in [6.45, 7) is 15.3. The molecule has 0 unspecified atom stereocenters. The van der Waals surface area contributed by atoms with Gasteiger partial charge in [0.1, 0.15) is 0 Å². The second-order valence-corrected chi connectivity index (χ2v) is 8.64. The van der Waals surface area contributed by atoms with E-state index in [1.54, 1.807) is 0 Å². The van der Waals surface area contributed by atoms with Gasteiger partial charge >= 0.3 is 0 Å². The lowest BCUT2D eigenvalue weighted by Crippen LogP contribution is -2.58.